The second-order valence-electron chi connectivity index (χ2n) is 7.14. The first-order chi connectivity index (χ1) is 15.3. The van der Waals surface area contributed by atoms with Crippen LogP contribution in [0.15, 0.2) is 46.1 Å². The maximum Gasteiger partial charge on any atom is 0.697 e. The van der Waals surface area contributed by atoms with Gasteiger partial charge in [0.2, 0.25) is 0 Å². The van der Waals surface area contributed by atoms with E-state index in [4.69, 9.17) is 18.5 Å². The van der Waals surface area contributed by atoms with Crippen molar-refractivity contribution < 1.29 is 27.9 Å². The van der Waals surface area contributed by atoms with Gasteiger partial charge in [-0.1, -0.05) is 18.2 Å². The van der Waals surface area contributed by atoms with Crippen LogP contribution in [-0.4, -0.2) is 47.5 Å². The molecule has 1 aromatic carbocycles. The number of carbonyl (C=O) groups excluding carboxylic acids is 1. The fourth-order valence-corrected chi connectivity index (χ4v) is 3.79. The number of anilines is 1. The molecular weight excluding hydrogens is 441 g/mol. The summed E-state index contributed by atoms with van der Waals surface area (Å²) < 4.78 is 34.8. The number of para-hydroxylation sites is 1. The SMILES string of the molecule is CC(=O)O[C@H]1C[C@H](n2cc(C)c(=O)[nH]c2=O)O[C@@H]1CO[P+](=O)OCCNc1ccccc1. The Morgan fingerprint density at radius 1 is 1.28 bits per heavy atom. The van der Waals surface area contributed by atoms with Crippen molar-refractivity contribution in [2.45, 2.75) is 38.7 Å². The molecule has 1 fully saturated rings. The number of H-pyrrole nitrogens is 1. The minimum absolute atomic E-state index is 0.150. The largest absolute Gasteiger partial charge is 0.697 e. The number of nitrogens with zero attached hydrogens (tertiary/aromatic N) is 1. The number of carbonyl (C=O) groups is 1. The van der Waals surface area contributed by atoms with E-state index in [0.29, 0.717) is 12.1 Å². The molecule has 4 atom stereocenters. The average Bonchev–Trinajstić information content (AvgIpc) is 3.14. The highest BCUT2D eigenvalue weighted by molar-refractivity contribution is 7.33. The van der Waals surface area contributed by atoms with Crippen LogP contribution in [0.5, 0.6) is 0 Å². The number of nitrogens with one attached hydrogen (secondary N) is 2. The maximum atomic E-state index is 12.1. The third-order valence-electron chi connectivity index (χ3n) is 4.70. The number of aromatic nitrogens is 2. The quantitative estimate of drug-likeness (QED) is 0.305. The second-order valence-corrected chi connectivity index (χ2v) is 8.10. The van der Waals surface area contributed by atoms with Gasteiger partial charge in [-0.25, -0.2) is 4.79 Å². The lowest BCUT2D eigenvalue weighted by Crippen LogP contribution is -2.33. The van der Waals surface area contributed by atoms with Gasteiger partial charge in [0.25, 0.3) is 5.56 Å². The van der Waals surface area contributed by atoms with E-state index in [2.05, 4.69) is 10.3 Å². The number of esters is 1. The molecule has 2 N–H and O–H groups in total. The van der Waals surface area contributed by atoms with Crippen LogP contribution in [0.4, 0.5) is 5.69 Å². The third-order valence-corrected chi connectivity index (χ3v) is 5.45. The highest BCUT2D eigenvalue weighted by atomic mass is 31.1. The van der Waals surface area contributed by atoms with Crippen molar-refractivity contribution in [3.8, 4) is 0 Å². The number of rotatable bonds is 10. The zero-order valence-electron chi connectivity index (χ0n) is 17.7. The Morgan fingerprint density at radius 3 is 2.75 bits per heavy atom. The Balaban J connectivity index is 1.52. The van der Waals surface area contributed by atoms with Gasteiger partial charge in [0.1, 0.15) is 31.6 Å². The third kappa shape index (κ3) is 6.57. The molecule has 12 heteroatoms. The van der Waals surface area contributed by atoms with Gasteiger partial charge in [0.05, 0.1) is 0 Å². The molecule has 11 nitrogen and oxygen atoms in total. The van der Waals surface area contributed by atoms with E-state index in [9.17, 15) is 18.9 Å². The molecule has 32 heavy (non-hydrogen) atoms. The van der Waals surface area contributed by atoms with Gasteiger partial charge in [-0.05, 0) is 19.1 Å². The van der Waals surface area contributed by atoms with Crippen LogP contribution in [-0.2, 0) is 27.9 Å². The van der Waals surface area contributed by atoms with Crippen molar-refractivity contribution in [3.05, 3.63) is 62.9 Å². The lowest BCUT2D eigenvalue weighted by Gasteiger charge is -2.15. The van der Waals surface area contributed by atoms with Crippen molar-refractivity contribution in [2.24, 2.45) is 0 Å². The van der Waals surface area contributed by atoms with Gasteiger partial charge in [-0.3, -0.25) is 19.1 Å². The number of ether oxygens (including phenoxy) is 2. The Kier molecular flexibility index (Phi) is 8.29. The van der Waals surface area contributed by atoms with Crippen LogP contribution in [0, 0.1) is 6.92 Å². The van der Waals surface area contributed by atoms with E-state index in [1.54, 1.807) is 6.92 Å². The molecule has 1 aromatic heterocycles. The predicted molar refractivity (Wildman–Crippen MR) is 115 cm³/mol. The molecule has 0 amide bonds. The van der Waals surface area contributed by atoms with Crippen LogP contribution < -0.4 is 16.6 Å². The summed E-state index contributed by atoms with van der Waals surface area (Å²) in [4.78, 5) is 37.4. The number of hydrogen-bond donors (Lipinski definition) is 2. The molecule has 1 aliphatic heterocycles. The van der Waals surface area contributed by atoms with E-state index in [-0.39, 0.29) is 19.6 Å². The fraction of sp³-hybridized carbons (Fsp3) is 0.450. The minimum Gasteiger partial charge on any atom is -0.460 e. The van der Waals surface area contributed by atoms with Crippen molar-refractivity contribution in [2.75, 3.05) is 25.1 Å². The van der Waals surface area contributed by atoms with Gasteiger partial charge in [-0.2, -0.15) is 0 Å². The van der Waals surface area contributed by atoms with Gasteiger partial charge in [0.15, 0.2) is 0 Å². The van der Waals surface area contributed by atoms with Crippen LogP contribution in [0.3, 0.4) is 0 Å². The van der Waals surface area contributed by atoms with E-state index in [1.165, 1.54) is 17.7 Å². The summed E-state index contributed by atoms with van der Waals surface area (Å²) >= 11 is 0. The van der Waals surface area contributed by atoms with Gasteiger partial charge >= 0.3 is 19.9 Å². The van der Waals surface area contributed by atoms with Crippen molar-refractivity contribution >= 4 is 19.9 Å². The molecule has 0 saturated carbocycles. The zero-order valence-corrected chi connectivity index (χ0v) is 18.6. The summed E-state index contributed by atoms with van der Waals surface area (Å²) in [6.07, 6.45) is -0.737. The first-order valence-corrected chi connectivity index (χ1v) is 11.1. The van der Waals surface area contributed by atoms with Crippen molar-refractivity contribution in [1.82, 2.24) is 9.55 Å². The van der Waals surface area contributed by atoms with Crippen LogP contribution >= 0.6 is 8.25 Å². The number of aromatic amines is 1. The second kappa shape index (κ2) is 11.1. The summed E-state index contributed by atoms with van der Waals surface area (Å²) in [5.74, 6) is -0.526. The standard InChI is InChI=1S/C20H24N3O8P/c1-13-11-23(20(26)22-19(13)25)18-10-16(30-14(2)24)17(31-18)12-29-32(27)28-9-8-21-15-6-4-3-5-7-15/h3-7,11,16-18,21H,8-10,12H2,1-2H3/p+1/t16-,17+,18+/m0/s1. The molecule has 2 heterocycles. The van der Waals surface area contributed by atoms with Crippen LogP contribution in [0.25, 0.3) is 0 Å². The molecule has 0 bridgehead atoms. The molecule has 0 aliphatic carbocycles. The Morgan fingerprint density at radius 2 is 2.03 bits per heavy atom. The predicted octanol–water partition coefficient (Wildman–Crippen LogP) is 1.87. The molecular formula is C20H25N3O8P+. The van der Waals surface area contributed by atoms with Gasteiger partial charge in [0, 0.05) is 41.9 Å². The highest BCUT2D eigenvalue weighted by Crippen LogP contribution is 2.33. The van der Waals surface area contributed by atoms with E-state index < -0.39 is 43.9 Å². The molecule has 1 saturated heterocycles. The monoisotopic (exact) mass is 466 g/mol. The van der Waals surface area contributed by atoms with Crippen molar-refractivity contribution in [3.63, 3.8) is 0 Å². The summed E-state index contributed by atoms with van der Waals surface area (Å²) in [7, 11) is -2.43. The van der Waals surface area contributed by atoms with E-state index in [1.807, 2.05) is 30.3 Å². The summed E-state index contributed by atoms with van der Waals surface area (Å²) in [5.41, 5.74) is 0.109. The molecule has 3 rings (SSSR count). The van der Waals surface area contributed by atoms with Gasteiger partial charge < -0.3 is 14.8 Å². The van der Waals surface area contributed by atoms with E-state index in [0.717, 1.165) is 5.69 Å². The summed E-state index contributed by atoms with van der Waals surface area (Å²) in [6, 6.07) is 9.48. The number of benzene rings is 1. The van der Waals surface area contributed by atoms with Crippen LogP contribution in [0.2, 0.25) is 0 Å². The Labute approximate surface area is 184 Å². The number of aryl methyl sites for hydroxylation is 1. The highest BCUT2D eigenvalue weighted by Gasteiger charge is 2.41. The topological polar surface area (TPSA) is 138 Å². The molecule has 1 aliphatic rings. The lowest BCUT2D eigenvalue weighted by atomic mass is 10.2. The zero-order chi connectivity index (χ0) is 23.1. The Bertz CT molecular complexity index is 1050. The van der Waals surface area contributed by atoms with Gasteiger partial charge in [-0.15, -0.1) is 9.05 Å². The summed E-state index contributed by atoms with van der Waals surface area (Å²) in [6.45, 7) is 3.22. The molecule has 172 valence electrons. The first-order valence-electron chi connectivity index (χ1n) is 10.00. The lowest BCUT2D eigenvalue weighted by molar-refractivity contribution is -0.150. The molecule has 0 spiro atoms. The van der Waals surface area contributed by atoms with E-state index >= 15 is 0 Å². The normalized spacial score (nSPS) is 20.7. The maximum absolute atomic E-state index is 12.1. The van der Waals surface area contributed by atoms with Crippen molar-refractivity contribution in [1.29, 1.82) is 0 Å². The Hall–Kier alpha value is -2.85. The number of hydrogen-bond acceptors (Lipinski definition) is 9. The summed E-state index contributed by atoms with van der Waals surface area (Å²) in [5, 5.41) is 3.11. The van der Waals surface area contributed by atoms with Crippen LogP contribution in [0.1, 0.15) is 25.1 Å². The molecule has 2 aromatic rings. The first kappa shape index (κ1) is 23.8. The fourth-order valence-electron chi connectivity index (χ4n) is 3.20. The molecule has 1 unspecified atom stereocenters. The minimum atomic E-state index is -2.43. The molecule has 0 radical (unpaired) electrons. The average molecular weight is 466 g/mol. The smallest absolute Gasteiger partial charge is 0.460 e.